The van der Waals surface area contributed by atoms with E-state index in [1.165, 1.54) is 53.2 Å². The summed E-state index contributed by atoms with van der Waals surface area (Å²) in [7, 11) is 0. The van der Waals surface area contributed by atoms with Crippen molar-refractivity contribution < 1.29 is 0 Å². The molecule has 0 amide bonds. The molecule has 0 radical (unpaired) electrons. The van der Waals surface area contributed by atoms with Crippen LogP contribution in [0.25, 0.3) is 21.8 Å². The zero-order chi connectivity index (χ0) is 20.1. The van der Waals surface area contributed by atoms with E-state index in [0.717, 1.165) is 24.2 Å². The molecule has 1 aliphatic carbocycles. The summed E-state index contributed by atoms with van der Waals surface area (Å²) in [5.41, 5.74) is 17.6. The molecule has 0 saturated heterocycles. The van der Waals surface area contributed by atoms with Crippen molar-refractivity contribution in [2.24, 2.45) is 11.5 Å². The number of aryl methyl sites for hydroxylation is 3. The van der Waals surface area contributed by atoms with Crippen LogP contribution >= 0.6 is 0 Å². The Bertz CT molecular complexity index is 1070. The molecule has 150 valence electrons. The average molecular weight is 388 g/mol. The molecule has 1 aromatic carbocycles. The molecule has 0 spiro atoms. The minimum Gasteiger partial charge on any atom is -0.339 e. The first-order valence-corrected chi connectivity index (χ1v) is 10.5. The summed E-state index contributed by atoms with van der Waals surface area (Å²) in [6.45, 7) is 2.04. The second-order valence-electron chi connectivity index (χ2n) is 7.49. The molecule has 0 atom stereocenters. The van der Waals surface area contributed by atoms with Gasteiger partial charge in [0, 0.05) is 47.5 Å². The van der Waals surface area contributed by atoms with Gasteiger partial charge in [-0.05, 0) is 62.4 Å². The fraction of sp³-hybridized carbons (Fsp3) is 0.333. The third-order valence-electron chi connectivity index (χ3n) is 5.63. The van der Waals surface area contributed by atoms with Crippen molar-refractivity contribution in [2.75, 3.05) is 6.54 Å². The quantitative estimate of drug-likeness (QED) is 0.555. The standard InChI is InChI=1S/C15H18N4.C9H11N/c16-7-3-9-19-14-5-2-1-4-11(14)12-6-8-18-13(10-17)15(12)19;1-2-6-9-8(4-1)5-3-7-10-9/h1-2,4-6,8H,3,7,9-10,16-17H2;3,5,7H,1-2,4,6H2. The van der Waals surface area contributed by atoms with Gasteiger partial charge in [0.25, 0.3) is 0 Å². The Hall–Kier alpha value is -2.76. The van der Waals surface area contributed by atoms with Gasteiger partial charge in [0.1, 0.15) is 0 Å². The van der Waals surface area contributed by atoms with Gasteiger partial charge >= 0.3 is 0 Å². The van der Waals surface area contributed by atoms with Gasteiger partial charge in [0.2, 0.25) is 0 Å². The predicted molar refractivity (Wildman–Crippen MR) is 120 cm³/mol. The van der Waals surface area contributed by atoms with E-state index >= 15 is 0 Å². The summed E-state index contributed by atoms with van der Waals surface area (Å²) in [6.07, 6.45) is 9.78. The van der Waals surface area contributed by atoms with Crippen LogP contribution in [-0.2, 0) is 25.9 Å². The summed E-state index contributed by atoms with van der Waals surface area (Å²) in [5, 5.41) is 2.48. The number of nitrogens with two attached hydrogens (primary N) is 2. The molecular formula is C24H29N5. The molecule has 4 aromatic rings. The smallest absolute Gasteiger partial charge is 0.0782 e. The zero-order valence-corrected chi connectivity index (χ0v) is 16.8. The number of rotatable bonds is 4. The van der Waals surface area contributed by atoms with Gasteiger partial charge in [0.15, 0.2) is 0 Å². The molecule has 4 N–H and O–H groups in total. The van der Waals surface area contributed by atoms with Crippen LogP contribution in [0.3, 0.4) is 0 Å². The molecular weight excluding hydrogens is 358 g/mol. The lowest BCUT2D eigenvalue weighted by Crippen LogP contribution is -2.08. The first kappa shape index (κ1) is 19.6. The van der Waals surface area contributed by atoms with Crippen LogP contribution in [-0.4, -0.2) is 21.1 Å². The van der Waals surface area contributed by atoms with E-state index < -0.39 is 0 Å². The Morgan fingerprint density at radius 2 is 1.72 bits per heavy atom. The van der Waals surface area contributed by atoms with E-state index in [0.29, 0.717) is 13.1 Å². The average Bonchev–Trinajstić information content (AvgIpc) is 3.12. The molecule has 5 nitrogen and oxygen atoms in total. The highest BCUT2D eigenvalue weighted by atomic mass is 15.0. The highest BCUT2D eigenvalue weighted by molar-refractivity contribution is 6.08. The third kappa shape index (κ3) is 4.02. The van der Waals surface area contributed by atoms with Gasteiger partial charge in [-0.2, -0.15) is 0 Å². The molecule has 1 aliphatic rings. The maximum absolute atomic E-state index is 5.83. The zero-order valence-electron chi connectivity index (χ0n) is 16.8. The molecule has 0 unspecified atom stereocenters. The van der Waals surface area contributed by atoms with E-state index in [9.17, 15) is 0 Å². The van der Waals surface area contributed by atoms with Crippen molar-refractivity contribution in [3.8, 4) is 0 Å². The summed E-state index contributed by atoms with van der Waals surface area (Å²) in [4.78, 5) is 8.73. The maximum atomic E-state index is 5.83. The summed E-state index contributed by atoms with van der Waals surface area (Å²) in [6, 6.07) is 14.7. The van der Waals surface area contributed by atoms with Gasteiger partial charge in [-0.25, -0.2) is 0 Å². The second-order valence-corrected chi connectivity index (χ2v) is 7.49. The number of aromatic nitrogens is 3. The lowest BCUT2D eigenvalue weighted by Gasteiger charge is -2.12. The molecule has 0 bridgehead atoms. The molecule has 0 fully saturated rings. The predicted octanol–water partition coefficient (Wildman–Crippen LogP) is 3.96. The van der Waals surface area contributed by atoms with E-state index in [1.54, 1.807) is 0 Å². The molecule has 0 saturated carbocycles. The number of nitrogens with zero attached hydrogens (tertiary/aromatic N) is 3. The van der Waals surface area contributed by atoms with Gasteiger partial charge in [-0.3, -0.25) is 9.97 Å². The maximum Gasteiger partial charge on any atom is 0.0782 e. The summed E-state index contributed by atoms with van der Waals surface area (Å²) >= 11 is 0. The van der Waals surface area contributed by atoms with Crippen LogP contribution < -0.4 is 11.5 Å². The fourth-order valence-electron chi connectivity index (χ4n) is 4.24. The van der Waals surface area contributed by atoms with Crippen molar-refractivity contribution in [1.82, 2.24) is 14.5 Å². The summed E-state index contributed by atoms with van der Waals surface area (Å²) in [5.74, 6) is 0. The lowest BCUT2D eigenvalue weighted by atomic mass is 9.96. The highest BCUT2D eigenvalue weighted by Crippen LogP contribution is 2.30. The Morgan fingerprint density at radius 1 is 0.862 bits per heavy atom. The van der Waals surface area contributed by atoms with Gasteiger partial charge in [-0.15, -0.1) is 0 Å². The number of benzene rings is 1. The number of fused-ring (bicyclic) bond motifs is 4. The lowest BCUT2D eigenvalue weighted by molar-refractivity contribution is 0.668. The van der Waals surface area contributed by atoms with Crippen LogP contribution in [0.4, 0.5) is 0 Å². The van der Waals surface area contributed by atoms with Crippen molar-refractivity contribution in [2.45, 2.75) is 45.2 Å². The van der Waals surface area contributed by atoms with Crippen molar-refractivity contribution in [3.63, 3.8) is 0 Å². The Morgan fingerprint density at radius 3 is 2.55 bits per heavy atom. The number of para-hydroxylation sites is 1. The molecule has 5 heteroatoms. The van der Waals surface area contributed by atoms with Crippen molar-refractivity contribution >= 4 is 21.8 Å². The number of pyridine rings is 2. The van der Waals surface area contributed by atoms with Gasteiger partial charge in [0.05, 0.1) is 11.2 Å². The third-order valence-corrected chi connectivity index (χ3v) is 5.63. The monoisotopic (exact) mass is 387 g/mol. The van der Waals surface area contributed by atoms with E-state index in [-0.39, 0.29) is 0 Å². The Balaban J connectivity index is 0.000000171. The van der Waals surface area contributed by atoms with Crippen LogP contribution in [0, 0.1) is 0 Å². The highest BCUT2D eigenvalue weighted by Gasteiger charge is 2.13. The topological polar surface area (TPSA) is 82.8 Å². The summed E-state index contributed by atoms with van der Waals surface area (Å²) < 4.78 is 2.30. The molecule has 29 heavy (non-hydrogen) atoms. The van der Waals surface area contributed by atoms with E-state index in [1.807, 2.05) is 18.5 Å². The van der Waals surface area contributed by atoms with Crippen molar-refractivity contribution in [1.29, 1.82) is 0 Å². The van der Waals surface area contributed by atoms with Crippen LogP contribution in [0.1, 0.15) is 36.2 Å². The van der Waals surface area contributed by atoms with Crippen LogP contribution in [0.15, 0.2) is 54.9 Å². The molecule has 0 aliphatic heterocycles. The SMILES string of the molecule is NCCCn1c2ccccc2c2ccnc(CN)c21.c1cnc2c(c1)CCCC2. The van der Waals surface area contributed by atoms with Crippen LogP contribution in [0.5, 0.6) is 0 Å². The largest absolute Gasteiger partial charge is 0.339 e. The molecule has 5 rings (SSSR count). The Kier molecular flexibility index (Phi) is 6.17. The van der Waals surface area contributed by atoms with Gasteiger partial charge < -0.3 is 16.0 Å². The second kappa shape index (κ2) is 9.16. The molecule has 3 heterocycles. The minimum absolute atomic E-state index is 0.455. The fourth-order valence-corrected chi connectivity index (χ4v) is 4.24. The first-order valence-electron chi connectivity index (χ1n) is 10.5. The first-order chi connectivity index (χ1) is 14.3. The van der Waals surface area contributed by atoms with Crippen molar-refractivity contribution in [3.05, 3.63) is 71.8 Å². The normalized spacial score (nSPS) is 13.2. The molecule has 3 aromatic heterocycles. The van der Waals surface area contributed by atoms with Gasteiger partial charge in [-0.1, -0.05) is 24.3 Å². The number of hydrogen-bond acceptors (Lipinski definition) is 4. The Labute approximate surface area is 171 Å². The minimum atomic E-state index is 0.455. The van der Waals surface area contributed by atoms with E-state index in [4.69, 9.17) is 11.5 Å². The van der Waals surface area contributed by atoms with E-state index in [2.05, 4.69) is 50.9 Å². The number of hydrogen-bond donors (Lipinski definition) is 2. The van der Waals surface area contributed by atoms with Crippen LogP contribution in [0.2, 0.25) is 0 Å².